The number of ether oxygens (including phenoxy) is 1. The number of phenolic OH excluding ortho intramolecular Hbond substituents is 1. The van der Waals surface area contributed by atoms with Crippen molar-refractivity contribution >= 4 is 15.9 Å². The molecular weight excluding hydrogens is 243 g/mol. The zero-order valence-electron chi connectivity index (χ0n) is 6.84. The number of benzene rings is 1. The van der Waals surface area contributed by atoms with Gasteiger partial charge in [-0.2, -0.15) is 0 Å². The molecule has 0 amide bonds. The predicted octanol–water partition coefficient (Wildman–Crippen LogP) is 1.79. The second kappa shape index (κ2) is 3.93. The van der Waals surface area contributed by atoms with Crippen LogP contribution in [0.4, 0.5) is 4.39 Å². The number of phenols is 1. The monoisotopic (exact) mass is 250 g/mol. The van der Waals surface area contributed by atoms with E-state index < -0.39 is 11.6 Å². The van der Waals surface area contributed by atoms with Gasteiger partial charge in [-0.3, -0.25) is 0 Å². The molecule has 3 nitrogen and oxygen atoms in total. The first-order valence-electron chi connectivity index (χ1n) is 3.46. The first-order valence-corrected chi connectivity index (χ1v) is 4.25. The average molecular weight is 251 g/mol. The van der Waals surface area contributed by atoms with Gasteiger partial charge in [0.2, 0.25) is 0 Å². The molecule has 0 aromatic heterocycles. The summed E-state index contributed by atoms with van der Waals surface area (Å²) < 4.78 is 17.9. The normalized spacial score (nSPS) is 10.2. The van der Waals surface area contributed by atoms with E-state index in [4.69, 9.17) is 14.9 Å². The smallest absolute Gasteiger partial charge is 0.169 e. The maximum absolute atomic E-state index is 12.9. The van der Waals surface area contributed by atoms with Crippen molar-refractivity contribution in [2.75, 3.05) is 7.11 Å². The van der Waals surface area contributed by atoms with Gasteiger partial charge in [0, 0.05) is 5.56 Å². The molecule has 0 unspecified atom stereocenters. The molecule has 0 heterocycles. The lowest BCUT2D eigenvalue weighted by molar-refractivity contribution is 0.271. The Morgan fingerprint density at radius 1 is 1.62 bits per heavy atom. The van der Waals surface area contributed by atoms with Crippen LogP contribution in [-0.4, -0.2) is 17.3 Å². The summed E-state index contributed by atoms with van der Waals surface area (Å²) in [5.41, 5.74) is 0.282. The first-order chi connectivity index (χ1) is 6.11. The van der Waals surface area contributed by atoms with Gasteiger partial charge in [0.05, 0.1) is 13.7 Å². The Morgan fingerprint density at radius 2 is 2.23 bits per heavy atom. The second-order valence-electron chi connectivity index (χ2n) is 2.37. The van der Waals surface area contributed by atoms with Crippen molar-refractivity contribution in [3.63, 3.8) is 0 Å². The topological polar surface area (TPSA) is 49.7 Å². The third-order valence-corrected chi connectivity index (χ3v) is 2.34. The van der Waals surface area contributed by atoms with E-state index in [2.05, 4.69) is 15.9 Å². The molecule has 0 bridgehead atoms. The summed E-state index contributed by atoms with van der Waals surface area (Å²) in [6, 6.07) is 1.03. The predicted molar refractivity (Wildman–Crippen MR) is 48.2 cm³/mol. The van der Waals surface area contributed by atoms with E-state index in [1.807, 2.05) is 0 Å². The molecule has 5 heteroatoms. The minimum atomic E-state index is -0.795. The van der Waals surface area contributed by atoms with Crippen LogP contribution in [0.15, 0.2) is 10.5 Å². The van der Waals surface area contributed by atoms with Gasteiger partial charge in [0.1, 0.15) is 10.2 Å². The van der Waals surface area contributed by atoms with Crippen LogP contribution < -0.4 is 4.74 Å². The van der Waals surface area contributed by atoms with Crippen molar-refractivity contribution in [2.24, 2.45) is 0 Å². The fraction of sp³-hybridized carbons (Fsp3) is 0.250. The fourth-order valence-electron chi connectivity index (χ4n) is 0.978. The molecule has 1 rings (SSSR count). The van der Waals surface area contributed by atoms with Gasteiger partial charge in [-0.25, -0.2) is 4.39 Å². The summed E-state index contributed by atoms with van der Waals surface area (Å²) in [4.78, 5) is 0. The number of hydrogen-bond donors (Lipinski definition) is 2. The van der Waals surface area contributed by atoms with Gasteiger partial charge in [-0.1, -0.05) is 0 Å². The Labute approximate surface area is 82.9 Å². The molecule has 72 valence electrons. The van der Waals surface area contributed by atoms with Crippen LogP contribution in [-0.2, 0) is 6.61 Å². The van der Waals surface area contributed by atoms with Gasteiger partial charge in [0.15, 0.2) is 11.6 Å². The lowest BCUT2D eigenvalue weighted by Crippen LogP contribution is -1.95. The van der Waals surface area contributed by atoms with Gasteiger partial charge in [0.25, 0.3) is 0 Å². The number of methoxy groups -OCH3 is 1. The molecule has 1 aromatic rings. The van der Waals surface area contributed by atoms with Crippen molar-refractivity contribution in [2.45, 2.75) is 6.61 Å². The number of aliphatic hydroxyl groups is 1. The van der Waals surface area contributed by atoms with Crippen LogP contribution in [0.25, 0.3) is 0 Å². The largest absolute Gasteiger partial charge is 0.504 e. The third-order valence-electron chi connectivity index (χ3n) is 1.60. The highest BCUT2D eigenvalue weighted by molar-refractivity contribution is 9.10. The number of aliphatic hydroxyl groups excluding tert-OH is 1. The molecule has 0 atom stereocenters. The number of halogens is 2. The number of hydrogen-bond acceptors (Lipinski definition) is 3. The number of aromatic hydroxyl groups is 1. The van der Waals surface area contributed by atoms with Crippen LogP contribution >= 0.6 is 15.9 Å². The molecule has 0 saturated carbocycles. The zero-order chi connectivity index (χ0) is 10.0. The van der Waals surface area contributed by atoms with Crippen LogP contribution in [0.2, 0.25) is 0 Å². The lowest BCUT2D eigenvalue weighted by atomic mass is 10.2. The summed E-state index contributed by atoms with van der Waals surface area (Å²) in [5, 5.41) is 18.0. The van der Waals surface area contributed by atoms with Crippen molar-refractivity contribution in [1.29, 1.82) is 0 Å². The molecule has 0 fully saturated rings. The Hall–Kier alpha value is -0.810. The Morgan fingerprint density at radius 3 is 2.69 bits per heavy atom. The molecule has 0 saturated heterocycles. The first kappa shape index (κ1) is 10.3. The van der Waals surface area contributed by atoms with E-state index in [0.717, 1.165) is 6.07 Å². The molecule has 0 spiro atoms. The quantitative estimate of drug-likeness (QED) is 0.842. The second-order valence-corrected chi connectivity index (χ2v) is 3.16. The summed E-state index contributed by atoms with van der Waals surface area (Å²) in [6.07, 6.45) is 0. The van der Waals surface area contributed by atoms with E-state index in [1.165, 1.54) is 7.11 Å². The van der Waals surface area contributed by atoms with Crippen molar-refractivity contribution in [3.05, 3.63) is 21.9 Å². The van der Waals surface area contributed by atoms with E-state index in [9.17, 15) is 4.39 Å². The fourth-order valence-corrected chi connectivity index (χ4v) is 1.58. The summed E-state index contributed by atoms with van der Waals surface area (Å²) in [6.45, 7) is -0.348. The minimum absolute atomic E-state index is 0.110. The molecule has 0 aliphatic rings. The summed E-state index contributed by atoms with van der Waals surface area (Å²) in [5.74, 6) is -1.08. The lowest BCUT2D eigenvalue weighted by Gasteiger charge is -2.10. The standard InChI is InChI=1S/C8H8BrFO3/c1-13-8-4(3-11)2-5(10)7(12)6(8)9/h2,11-12H,3H2,1H3. The van der Waals surface area contributed by atoms with E-state index >= 15 is 0 Å². The van der Waals surface area contributed by atoms with Crippen LogP contribution in [0.5, 0.6) is 11.5 Å². The summed E-state index contributed by atoms with van der Waals surface area (Å²) in [7, 11) is 1.37. The SMILES string of the molecule is COc1c(CO)cc(F)c(O)c1Br. The van der Waals surface area contributed by atoms with E-state index in [1.54, 1.807) is 0 Å². The van der Waals surface area contributed by atoms with Gasteiger partial charge in [-0.15, -0.1) is 0 Å². The van der Waals surface area contributed by atoms with Crippen LogP contribution in [0, 0.1) is 5.82 Å². The average Bonchev–Trinajstić information content (AvgIpc) is 2.13. The molecule has 2 N–H and O–H groups in total. The highest BCUT2D eigenvalue weighted by Gasteiger charge is 2.15. The maximum Gasteiger partial charge on any atom is 0.169 e. The van der Waals surface area contributed by atoms with E-state index in [-0.39, 0.29) is 22.4 Å². The Bertz CT molecular complexity index is 328. The summed E-state index contributed by atoms with van der Waals surface area (Å²) >= 11 is 2.96. The van der Waals surface area contributed by atoms with Crippen LogP contribution in [0.1, 0.15) is 5.56 Å². The van der Waals surface area contributed by atoms with Gasteiger partial charge < -0.3 is 14.9 Å². The molecule has 0 aliphatic carbocycles. The Kier molecular flexibility index (Phi) is 3.11. The van der Waals surface area contributed by atoms with Gasteiger partial charge >= 0.3 is 0 Å². The van der Waals surface area contributed by atoms with Crippen molar-refractivity contribution < 1.29 is 19.3 Å². The Balaban J connectivity index is 3.39. The molecule has 0 aliphatic heterocycles. The minimum Gasteiger partial charge on any atom is -0.504 e. The van der Waals surface area contributed by atoms with Crippen molar-refractivity contribution in [1.82, 2.24) is 0 Å². The highest BCUT2D eigenvalue weighted by Crippen LogP contribution is 2.38. The van der Waals surface area contributed by atoms with Gasteiger partial charge in [-0.05, 0) is 22.0 Å². The number of rotatable bonds is 2. The van der Waals surface area contributed by atoms with Crippen molar-refractivity contribution in [3.8, 4) is 11.5 Å². The highest BCUT2D eigenvalue weighted by atomic mass is 79.9. The third kappa shape index (κ3) is 1.76. The molecular formula is C8H8BrFO3. The maximum atomic E-state index is 12.9. The van der Waals surface area contributed by atoms with E-state index in [0.29, 0.717) is 0 Å². The molecule has 1 aromatic carbocycles. The van der Waals surface area contributed by atoms with Crippen LogP contribution in [0.3, 0.4) is 0 Å². The molecule has 13 heavy (non-hydrogen) atoms. The zero-order valence-corrected chi connectivity index (χ0v) is 8.43. The molecule has 0 radical (unpaired) electrons.